The van der Waals surface area contributed by atoms with E-state index >= 15 is 0 Å². The zero-order valence-electron chi connectivity index (χ0n) is 10.6. The highest BCUT2D eigenvalue weighted by Gasteiger charge is 2.17. The fourth-order valence-electron chi connectivity index (χ4n) is 1.64. The standard InChI is InChI=1S/C14H13BrO3S/c1-3-18-12-5-4-9(15)6-11(12)14(16)13-7-10(17-2)8-19-13/h4-8H,3H2,1-2H3. The van der Waals surface area contributed by atoms with Crippen molar-refractivity contribution in [2.45, 2.75) is 6.92 Å². The molecule has 100 valence electrons. The molecule has 2 rings (SSSR count). The van der Waals surface area contributed by atoms with Gasteiger partial charge in [-0.1, -0.05) is 15.9 Å². The number of ether oxygens (including phenoxy) is 2. The maximum Gasteiger partial charge on any atom is 0.206 e. The molecule has 5 heteroatoms. The van der Waals surface area contributed by atoms with Crippen LogP contribution in [-0.2, 0) is 0 Å². The van der Waals surface area contributed by atoms with Gasteiger partial charge in [-0.3, -0.25) is 4.79 Å². The van der Waals surface area contributed by atoms with Crippen molar-refractivity contribution < 1.29 is 14.3 Å². The fourth-order valence-corrected chi connectivity index (χ4v) is 2.81. The van der Waals surface area contributed by atoms with Gasteiger partial charge in [-0.25, -0.2) is 0 Å². The second-order valence-corrected chi connectivity index (χ2v) is 5.58. The van der Waals surface area contributed by atoms with E-state index < -0.39 is 0 Å². The molecule has 0 aliphatic carbocycles. The molecule has 0 aliphatic heterocycles. The first kappa shape index (κ1) is 14.1. The molecule has 0 radical (unpaired) electrons. The van der Waals surface area contributed by atoms with Crippen LogP contribution in [0.15, 0.2) is 34.1 Å². The highest BCUT2D eigenvalue weighted by molar-refractivity contribution is 9.10. The van der Waals surface area contributed by atoms with E-state index in [2.05, 4.69) is 15.9 Å². The number of halogens is 1. The maximum atomic E-state index is 12.5. The van der Waals surface area contributed by atoms with Crippen molar-refractivity contribution in [3.63, 3.8) is 0 Å². The van der Waals surface area contributed by atoms with Gasteiger partial charge in [0.25, 0.3) is 0 Å². The summed E-state index contributed by atoms with van der Waals surface area (Å²) < 4.78 is 11.4. The normalized spacial score (nSPS) is 10.3. The Morgan fingerprint density at radius 1 is 1.37 bits per heavy atom. The Morgan fingerprint density at radius 2 is 2.16 bits per heavy atom. The lowest BCUT2D eigenvalue weighted by Crippen LogP contribution is -2.04. The Labute approximate surface area is 124 Å². The summed E-state index contributed by atoms with van der Waals surface area (Å²) in [4.78, 5) is 13.1. The average molecular weight is 341 g/mol. The number of benzene rings is 1. The Morgan fingerprint density at radius 3 is 2.79 bits per heavy atom. The topological polar surface area (TPSA) is 35.5 Å². The Hall–Kier alpha value is -1.33. The van der Waals surface area contributed by atoms with Gasteiger partial charge >= 0.3 is 0 Å². The molecule has 0 aliphatic rings. The van der Waals surface area contributed by atoms with Crippen molar-refractivity contribution >= 4 is 33.0 Å². The molecule has 0 atom stereocenters. The van der Waals surface area contributed by atoms with Crippen molar-refractivity contribution in [3.8, 4) is 11.5 Å². The summed E-state index contributed by atoms with van der Waals surface area (Å²) in [5.41, 5.74) is 0.556. The summed E-state index contributed by atoms with van der Waals surface area (Å²) in [5.74, 6) is 1.24. The molecule has 1 aromatic heterocycles. The summed E-state index contributed by atoms with van der Waals surface area (Å²) >= 11 is 4.74. The van der Waals surface area contributed by atoms with Gasteiger partial charge in [-0.05, 0) is 25.1 Å². The summed E-state index contributed by atoms with van der Waals surface area (Å²) in [7, 11) is 1.58. The van der Waals surface area contributed by atoms with Crippen LogP contribution in [0.4, 0.5) is 0 Å². The Kier molecular flexibility index (Phi) is 4.61. The molecule has 19 heavy (non-hydrogen) atoms. The third kappa shape index (κ3) is 3.16. The number of thiophene rings is 1. The maximum absolute atomic E-state index is 12.5. The van der Waals surface area contributed by atoms with Crippen LogP contribution in [0.25, 0.3) is 0 Å². The van der Waals surface area contributed by atoms with E-state index in [9.17, 15) is 4.79 Å². The van der Waals surface area contributed by atoms with Crippen LogP contribution in [0.5, 0.6) is 11.5 Å². The quantitative estimate of drug-likeness (QED) is 0.767. The van der Waals surface area contributed by atoms with Gasteiger partial charge in [-0.2, -0.15) is 0 Å². The first-order chi connectivity index (χ1) is 9.15. The predicted octanol–water partition coefficient (Wildman–Crippen LogP) is 4.15. The number of hydrogen-bond acceptors (Lipinski definition) is 4. The molecule has 0 spiro atoms. The lowest BCUT2D eigenvalue weighted by atomic mass is 10.1. The first-order valence-corrected chi connectivity index (χ1v) is 7.42. The summed E-state index contributed by atoms with van der Waals surface area (Å²) in [6, 6.07) is 7.17. The smallest absolute Gasteiger partial charge is 0.206 e. The third-order valence-electron chi connectivity index (χ3n) is 2.52. The van der Waals surface area contributed by atoms with Crippen LogP contribution in [0.1, 0.15) is 22.2 Å². The number of hydrogen-bond donors (Lipinski definition) is 0. The molecule has 0 amide bonds. The monoisotopic (exact) mass is 340 g/mol. The SMILES string of the molecule is CCOc1ccc(Br)cc1C(=O)c1cc(OC)cs1. The average Bonchev–Trinajstić information content (AvgIpc) is 2.89. The molecule has 1 aromatic carbocycles. The van der Waals surface area contributed by atoms with Gasteiger partial charge in [0.05, 0.1) is 24.2 Å². The van der Waals surface area contributed by atoms with E-state index in [-0.39, 0.29) is 5.78 Å². The van der Waals surface area contributed by atoms with Gasteiger partial charge in [-0.15, -0.1) is 11.3 Å². The molecular formula is C14H13BrO3S. The minimum Gasteiger partial charge on any atom is -0.496 e. The Balaban J connectivity index is 2.39. The molecule has 0 N–H and O–H groups in total. The van der Waals surface area contributed by atoms with E-state index in [1.54, 1.807) is 25.3 Å². The highest BCUT2D eigenvalue weighted by atomic mass is 79.9. The molecule has 3 nitrogen and oxygen atoms in total. The molecular weight excluding hydrogens is 328 g/mol. The second kappa shape index (κ2) is 6.21. The van der Waals surface area contributed by atoms with E-state index in [4.69, 9.17) is 9.47 Å². The lowest BCUT2D eigenvalue weighted by molar-refractivity contribution is 0.103. The fraction of sp³-hybridized carbons (Fsp3) is 0.214. The van der Waals surface area contributed by atoms with Crippen molar-refractivity contribution in [2.24, 2.45) is 0 Å². The number of ketones is 1. The van der Waals surface area contributed by atoms with Gasteiger partial charge in [0.1, 0.15) is 11.5 Å². The highest BCUT2D eigenvalue weighted by Crippen LogP contribution is 2.29. The Bertz CT molecular complexity index is 592. The third-order valence-corrected chi connectivity index (χ3v) is 3.92. The minimum absolute atomic E-state index is 0.0574. The van der Waals surface area contributed by atoms with E-state index in [0.717, 1.165) is 4.47 Å². The van der Waals surface area contributed by atoms with Crippen molar-refractivity contribution in [2.75, 3.05) is 13.7 Å². The van der Waals surface area contributed by atoms with Gasteiger partial charge in [0.15, 0.2) is 0 Å². The van der Waals surface area contributed by atoms with Crippen molar-refractivity contribution in [3.05, 3.63) is 44.6 Å². The number of carbonyl (C=O) groups is 1. The van der Waals surface area contributed by atoms with Gasteiger partial charge in [0, 0.05) is 15.9 Å². The van der Waals surface area contributed by atoms with Gasteiger partial charge < -0.3 is 9.47 Å². The number of carbonyl (C=O) groups excluding carboxylic acids is 1. The molecule has 1 heterocycles. The molecule has 0 saturated heterocycles. The zero-order chi connectivity index (χ0) is 13.8. The summed E-state index contributed by atoms with van der Waals surface area (Å²) in [6.07, 6.45) is 0. The van der Waals surface area contributed by atoms with E-state index in [1.807, 2.05) is 18.4 Å². The van der Waals surface area contributed by atoms with Crippen LogP contribution in [0, 0.1) is 0 Å². The molecule has 0 bridgehead atoms. The largest absolute Gasteiger partial charge is 0.496 e. The number of rotatable bonds is 5. The van der Waals surface area contributed by atoms with Crippen molar-refractivity contribution in [1.82, 2.24) is 0 Å². The molecule has 2 aromatic rings. The van der Waals surface area contributed by atoms with Crippen LogP contribution in [0.3, 0.4) is 0 Å². The lowest BCUT2D eigenvalue weighted by Gasteiger charge is -2.08. The van der Waals surface area contributed by atoms with Crippen LogP contribution >= 0.6 is 27.3 Å². The summed E-state index contributed by atoms with van der Waals surface area (Å²) in [5, 5.41) is 1.81. The summed E-state index contributed by atoms with van der Waals surface area (Å²) in [6.45, 7) is 2.42. The van der Waals surface area contributed by atoms with Crippen LogP contribution in [-0.4, -0.2) is 19.5 Å². The predicted molar refractivity (Wildman–Crippen MR) is 79.6 cm³/mol. The van der Waals surface area contributed by atoms with Gasteiger partial charge in [0.2, 0.25) is 5.78 Å². The van der Waals surface area contributed by atoms with Crippen LogP contribution in [0.2, 0.25) is 0 Å². The van der Waals surface area contributed by atoms with E-state index in [0.29, 0.717) is 28.5 Å². The second-order valence-electron chi connectivity index (χ2n) is 3.75. The van der Waals surface area contributed by atoms with Crippen molar-refractivity contribution in [1.29, 1.82) is 0 Å². The zero-order valence-corrected chi connectivity index (χ0v) is 13.0. The minimum atomic E-state index is -0.0574. The number of methoxy groups -OCH3 is 1. The first-order valence-electron chi connectivity index (χ1n) is 5.75. The van der Waals surface area contributed by atoms with E-state index in [1.165, 1.54) is 11.3 Å². The molecule has 0 unspecified atom stereocenters. The molecule has 0 fully saturated rings. The van der Waals surface area contributed by atoms with Crippen LogP contribution < -0.4 is 9.47 Å². The molecule has 0 saturated carbocycles.